The topological polar surface area (TPSA) is 93.0 Å². The number of anilines is 1. The monoisotopic (exact) mass is 430 g/mol. The molecule has 0 radical (unpaired) electrons. The van der Waals surface area contributed by atoms with Crippen LogP contribution in [0.15, 0.2) is 48.9 Å². The Kier molecular flexibility index (Phi) is 5.20. The highest BCUT2D eigenvalue weighted by Crippen LogP contribution is 2.40. The highest BCUT2D eigenvalue weighted by atomic mass is 16.2. The average Bonchev–Trinajstić information content (AvgIpc) is 3.37. The van der Waals surface area contributed by atoms with Crippen LogP contribution >= 0.6 is 0 Å². The Morgan fingerprint density at radius 3 is 2.69 bits per heavy atom. The minimum absolute atomic E-state index is 0.0892. The van der Waals surface area contributed by atoms with Crippen molar-refractivity contribution in [1.29, 1.82) is 0 Å². The number of aromatic nitrogens is 4. The second-order valence-corrected chi connectivity index (χ2v) is 8.79. The van der Waals surface area contributed by atoms with Gasteiger partial charge in [-0.3, -0.25) is 19.3 Å². The Hall–Kier alpha value is -3.55. The van der Waals surface area contributed by atoms with Gasteiger partial charge in [-0.25, -0.2) is 4.98 Å². The van der Waals surface area contributed by atoms with Gasteiger partial charge in [0.15, 0.2) is 5.82 Å². The van der Waals surface area contributed by atoms with E-state index in [4.69, 9.17) is 0 Å². The van der Waals surface area contributed by atoms with E-state index in [1.165, 1.54) is 12.8 Å². The number of benzene rings is 1. The summed E-state index contributed by atoms with van der Waals surface area (Å²) in [4.78, 5) is 36.4. The van der Waals surface area contributed by atoms with E-state index in [1.807, 2.05) is 30.7 Å². The Labute approximate surface area is 186 Å². The molecular weight excluding hydrogens is 404 g/mol. The van der Waals surface area contributed by atoms with Crippen LogP contribution in [0.3, 0.4) is 0 Å². The number of hydrogen-bond donors (Lipinski definition) is 1. The summed E-state index contributed by atoms with van der Waals surface area (Å²) in [5.41, 5.74) is 2.62. The molecule has 32 heavy (non-hydrogen) atoms. The fourth-order valence-electron chi connectivity index (χ4n) is 4.00. The summed E-state index contributed by atoms with van der Waals surface area (Å²) >= 11 is 0. The number of hydrogen-bond acceptors (Lipinski definition) is 5. The van der Waals surface area contributed by atoms with E-state index in [0.717, 1.165) is 11.3 Å². The summed E-state index contributed by atoms with van der Waals surface area (Å²) in [7, 11) is 0. The Bertz CT molecular complexity index is 1150. The van der Waals surface area contributed by atoms with Crippen molar-refractivity contribution in [3.8, 4) is 0 Å². The predicted molar refractivity (Wildman–Crippen MR) is 120 cm³/mol. The smallest absolute Gasteiger partial charge is 0.276 e. The highest BCUT2D eigenvalue weighted by molar-refractivity contribution is 6.07. The molecule has 1 saturated carbocycles. The van der Waals surface area contributed by atoms with Gasteiger partial charge in [0.05, 0.1) is 5.92 Å². The number of fused-ring (bicyclic) bond motifs is 1. The molecule has 2 aromatic heterocycles. The first-order chi connectivity index (χ1) is 15.5. The third-order valence-corrected chi connectivity index (χ3v) is 6.07. The summed E-state index contributed by atoms with van der Waals surface area (Å²) in [5, 5.41) is 7.67. The van der Waals surface area contributed by atoms with E-state index in [1.54, 1.807) is 41.7 Å². The maximum Gasteiger partial charge on any atom is 0.276 e. The maximum absolute atomic E-state index is 13.2. The lowest BCUT2D eigenvalue weighted by atomic mass is 9.98. The molecule has 1 N–H and O–H groups in total. The summed E-state index contributed by atoms with van der Waals surface area (Å²) in [6.07, 6.45) is 5.69. The second-order valence-electron chi connectivity index (χ2n) is 8.79. The van der Waals surface area contributed by atoms with Crippen LogP contribution < -0.4 is 10.2 Å². The van der Waals surface area contributed by atoms with Crippen molar-refractivity contribution in [2.45, 2.75) is 38.6 Å². The van der Waals surface area contributed by atoms with Gasteiger partial charge in [-0.1, -0.05) is 6.07 Å². The van der Waals surface area contributed by atoms with Gasteiger partial charge in [0.2, 0.25) is 0 Å². The minimum Gasteiger partial charge on any atom is -0.352 e. The van der Waals surface area contributed by atoms with E-state index >= 15 is 0 Å². The normalized spacial score (nSPS) is 17.5. The van der Waals surface area contributed by atoms with E-state index in [2.05, 4.69) is 20.4 Å². The quantitative estimate of drug-likeness (QED) is 0.648. The molecule has 1 unspecified atom stereocenters. The van der Waals surface area contributed by atoms with E-state index < -0.39 is 0 Å². The zero-order chi connectivity index (χ0) is 22.2. The fraction of sp³-hybridized carbons (Fsp3) is 0.375. The van der Waals surface area contributed by atoms with Gasteiger partial charge in [-0.15, -0.1) is 0 Å². The van der Waals surface area contributed by atoms with Gasteiger partial charge >= 0.3 is 0 Å². The van der Waals surface area contributed by atoms with Gasteiger partial charge in [0, 0.05) is 36.6 Å². The lowest BCUT2D eigenvalue weighted by molar-refractivity contribution is 0.0950. The van der Waals surface area contributed by atoms with Gasteiger partial charge in [0.1, 0.15) is 12.0 Å². The largest absolute Gasteiger partial charge is 0.352 e. The Morgan fingerprint density at radius 2 is 2.00 bits per heavy atom. The summed E-state index contributed by atoms with van der Waals surface area (Å²) in [6.45, 7) is 5.20. The van der Waals surface area contributed by atoms with Crippen molar-refractivity contribution < 1.29 is 9.59 Å². The van der Waals surface area contributed by atoms with Crippen molar-refractivity contribution in [3.63, 3.8) is 0 Å². The molecule has 164 valence electrons. The van der Waals surface area contributed by atoms with E-state index in [-0.39, 0.29) is 23.8 Å². The first-order valence-electron chi connectivity index (χ1n) is 11.1. The standard InChI is InChI=1S/C24H26N6O2/c1-15(2)30-14-27-22(28-30)19-13-29(24(32)20-5-3-4-10-25-20)21-9-8-17(11-18(19)21)23(31)26-12-16-6-7-16/h3-5,8-11,14-16,19H,6-7,12-13H2,1-2H3,(H,26,31). The van der Waals surface area contributed by atoms with Crippen molar-refractivity contribution in [1.82, 2.24) is 25.1 Å². The maximum atomic E-state index is 13.2. The molecule has 0 spiro atoms. The zero-order valence-corrected chi connectivity index (χ0v) is 18.2. The highest BCUT2D eigenvalue weighted by Gasteiger charge is 2.37. The van der Waals surface area contributed by atoms with Crippen LogP contribution in [0.5, 0.6) is 0 Å². The Morgan fingerprint density at radius 1 is 1.16 bits per heavy atom. The number of rotatable bonds is 6. The molecule has 3 aromatic rings. The van der Waals surface area contributed by atoms with Crippen molar-refractivity contribution >= 4 is 17.5 Å². The molecule has 3 heterocycles. The summed E-state index contributed by atoms with van der Waals surface area (Å²) in [5.74, 6) is 0.773. The summed E-state index contributed by atoms with van der Waals surface area (Å²) in [6, 6.07) is 11.0. The molecule has 0 bridgehead atoms. The molecule has 8 nitrogen and oxygen atoms in total. The SMILES string of the molecule is CC(C)n1cnc(C2CN(C(=O)c3ccccn3)c3ccc(C(=O)NCC4CC4)cc32)n1. The lowest BCUT2D eigenvalue weighted by Crippen LogP contribution is -2.30. The third kappa shape index (κ3) is 3.88. The number of pyridine rings is 1. The van der Waals surface area contributed by atoms with Crippen LogP contribution in [0.4, 0.5) is 5.69 Å². The molecule has 1 atom stereocenters. The molecular formula is C24H26N6O2. The predicted octanol–water partition coefficient (Wildman–Crippen LogP) is 3.19. The van der Waals surface area contributed by atoms with E-state index in [9.17, 15) is 9.59 Å². The number of carbonyl (C=O) groups excluding carboxylic acids is 2. The molecule has 2 amide bonds. The molecule has 1 fully saturated rings. The molecule has 2 aliphatic rings. The van der Waals surface area contributed by atoms with Gasteiger partial charge < -0.3 is 10.2 Å². The summed E-state index contributed by atoms with van der Waals surface area (Å²) < 4.78 is 1.81. The average molecular weight is 431 g/mol. The molecule has 0 saturated heterocycles. The number of amides is 2. The van der Waals surface area contributed by atoms with Crippen LogP contribution in [0, 0.1) is 5.92 Å². The molecule has 1 aliphatic carbocycles. The first kappa shape index (κ1) is 20.4. The van der Waals surface area contributed by atoms with Gasteiger partial charge in [0.25, 0.3) is 11.8 Å². The van der Waals surface area contributed by atoms with E-state index in [0.29, 0.717) is 36.1 Å². The Balaban J connectivity index is 1.50. The number of nitrogens with one attached hydrogen (secondary N) is 1. The van der Waals surface area contributed by atoms with Crippen molar-refractivity contribution in [3.05, 3.63) is 71.6 Å². The third-order valence-electron chi connectivity index (χ3n) is 6.07. The number of carbonyl (C=O) groups is 2. The fourth-order valence-corrected chi connectivity index (χ4v) is 4.00. The van der Waals surface area contributed by atoms with Gasteiger partial charge in [-0.05, 0) is 68.5 Å². The first-order valence-corrected chi connectivity index (χ1v) is 11.1. The van der Waals surface area contributed by atoms with Crippen LogP contribution in [0.2, 0.25) is 0 Å². The van der Waals surface area contributed by atoms with Crippen LogP contribution in [-0.2, 0) is 0 Å². The van der Waals surface area contributed by atoms with Crippen molar-refractivity contribution in [2.75, 3.05) is 18.0 Å². The minimum atomic E-state index is -0.214. The lowest BCUT2D eigenvalue weighted by Gasteiger charge is -2.17. The zero-order valence-electron chi connectivity index (χ0n) is 18.2. The van der Waals surface area contributed by atoms with Crippen LogP contribution in [0.1, 0.15) is 70.9 Å². The van der Waals surface area contributed by atoms with Crippen LogP contribution in [-0.4, -0.2) is 44.7 Å². The molecule has 8 heteroatoms. The number of nitrogens with zero attached hydrogens (tertiary/aromatic N) is 5. The second kappa shape index (κ2) is 8.18. The van der Waals surface area contributed by atoms with Crippen molar-refractivity contribution in [2.24, 2.45) is 5.92 Å². The molecule has 5 rings (SSSR count). The molecule has 1 aromatic carbocycles. The van der Waals surface area contributed by atoms with Crippen LogP contribution in [0.25, 0.3) is 0 Å². The molecule has 1 aliphatic heterocycles. The van der Waals surface area contributed by atoms with Gasteiger partial charge in [-0.2, -0.15) is 5.10 Å².